The predicted octanol–water partition coefficient (Wildman–Crippen LogP) is 3.61. The van der Waals surface area contributed by atoms with Gasteiger partial charge < -0.3 is 4.42 Å². The van der Waals surface area contributed by atoms with Crippen LogP contribution >= 0.6 is 15.9 Å². The average molecular weight is 283 g/mol. The van der Waals surface area contributed by atoms with Crippen LogP contribution in [-0.2, 0) is 6.42 Å². The first kappa shape index (κ1) is 11.1. The van der Waals surface area contributed by atoms with Gasteiger partial charge >= 0.3 is 0 Å². The zero-order valence-corrected chi connectivity index (χ0v) is 9.83. The molecule has 0 atom stereocenters. The molecule has 2 rings (SSSR count). The van der Waals surface area contributed by atoms with Gasteiger partial charge in [-0.25, -0.2) is 4.39 Å². The van der Waals surface area contributed by atoms with E-state index in [4.69, 9.17) is 4.42 Å². The summed E-state index contributed by atoms with van der Waals surface area (Å²) in [5, 5.41) is 0. The minimum atomic E-state index is -0.522. The van der Waals surface area contributed by atoms with Crippen LogP contribution in [0.3, 0.4) is 0 Å². The number of ketones is 1. The molecule has 0 aliphatic carbocycles. The monoisotopic (exact) mass is 282 g/mol. The molecule has 82 valence electrons. The van der Waals surface area contributed by atoms with Crippen LogP contribution in [-0.4, -0.2) is 5.78 Å². The highest BCUT2D eigenvalue weighted by molar-refractivity contribution is 9.10. The molecule has 0 spiro atoms. The van der Waals surface area contributed by atoms with Crippen LogP contribution < -0.4 is 0 Å². The third-order valence-electron chi connectivity index (χ3n) is 2.15. The summed E-state index contributed by atoms with van der Waals surface area (Å²) in [6.07, 6.45) is 1.56. The molecule has 0 amide bonds. The fourth-order valence-corrected chi connectivity index (χ4v) is 1.72. The van der Waals surface area contributed by atoms with E-state index in [9.17, 15) is 9.18 Å². The van der Waals surface area contributed by atoms with Crippen molar-refractivity contribution in [3.8, 4) is 0 Å². The molecule has 1 aromatic carbocycles. The van der Waals surface area contributed by atoms with Crippen molar-refractivity contribution >= 4 is 21.7 Å². The minimum Gasteiger partial charge on any atom is -0.469 e. The van der Waals surface area contributed by atoms with E-state index >= 15 is 0 Å². The van der Waals surface area contributed by atoms with Gasteiger partial charge in [0.2, 0.25) is 0 Å². The fourth-order valence-electron chi connectivity index (χ4n) is 1.38. The highest BCUT2D eigenvalue weighted by Crippen LogP contribution is 2.17. The third-order valence-corrected chi connectivity index (χ3v) is 2.64. The normalized spacial score (nSPS) is 10.4. The van der Waals surface area contributed by atoms with Gasteiger partial charge in [-0.1, -0.05) is 15.9 Å². The van der Waals surface area contributed by atoms with Crippen LogP contribution in [0.25, 0.3) is 0 Å². The number of Topliss-reactive ketones (excluding diaryl/α,β-unsaturated/α-hetero) is 1. The van der Waals surface area contributed by atoms with Crippen molar-refractivity contribution in [2.75, 3.05) is 0 Å². The molecule has 0 N–H and O–H groups in total. The largest absolute Gasteiger partial charge is 0.469 e. The number of carbonyl (C=O) groups excluding carboxylic acids is 1. The second-order valence-electron chi connectivity index (χ2n) is 3.30. The second kappa shape index (κ2) is 4.61. The SMILES string of the molecule is O=C(Cc1ccco1)c1ccc(Br)cc1F. The lowest BCUT2D eigenvalue weighted by Gasteiger charge is -2.01. The molecule has 0 aliphatic rings. The summed E-state index contributed by atoms with van der Waals surface area (Å²) in [7, 11) is 0. The van der Waals surface area contributed by atoms with E-state index in [1.807, 2.05) is 0 Å². The molecular formula is C12H8BrFO2. The Hall–Kier alpha value is -1.42. The summed E-state index contributed by atoms with van der Waals surface area (Å²) in [6, 6.07) is 7.76. The van der Waals surface area contributed by atoms with Crippen molar-refractivity contribution in [2.45, 2.75) is 6.42 Å². The van der Waals surface area contributed by atoms with Crippen LogP contribution in [0.5, 0.6) is 0 Å². The lowest BCUT2D eigenvalue weighted by molar-refractivity contribution is 0.0983. The number of benzene rings is 1. The van der Waals surface area contributed by atoms with Gasteiger partial charge in [-0.3, -0.25) is 4.79 Å². The Morgan fingerprint density at radius 3 is 2.81 bits per heavy atom. The van der Waals surface area contributed by atoms with Crippen molar-refractivity contribution in [2.24, 2.45) is 0 Å². The van der Waals surface area contributed by atoms with Crippen molar-refractivity contribution in [3.05, 3.63) is 58.2 Å². The number of hydrogen-bond donors (Lipinski definition) is 0. The number of rotatable bonds is 3. The molecule has 0 aliphatic heterocycles. The number of carbonyl (C=O) groups is 1. The lowest BCUT2D eigenvalue weighted by Crippen LogP contribution is -2.05. The maximum atomic E-state index is 13.4. The van der Waals surface area contributed by atoms with Gasteiger partial charge in [0.05, 0.1) is 18.2 Å². The molecule has 0 saturated heterocycles. The number of halogens is 2. The van der Waals surface area contributed by atoms with Gasteiger partial charge in [0.25, 0.3) is 0 Å². The van der Waals surface area contributed by atoms with Gasteiger partial charge in [0, 0.05) is 4.47 Å². The zero-order chi connectivity index (χ0) is 11.5. The van der Waals surface area contributed by atoms with Crippen LogP contribution in [0.15, 0.2) is 45.5 Å². The van der Waals surface area contributed by atoms with E-state index < -0.39 is 5.82 Å². The van der Waals surface area contributed by atoms with Crippen molar-refractivity contribution in [3.63, 3.8) is 0 Å². The summed E-state index contributed by atoms with van der Waals surface area (Å²) >= 11 is 3.14. The van der Waals surface area contributed by atoms with E-state index in [0.29, 0.717) is 10.2 Å². The average Bonchev–Trinajstić information content (AvgIpc) is 2.70. The number of hydrogen-bond acceptors (Lipinski definition) is 2. The Kier molecular flexibility index (Phi) is 3.19. The first-order valence-corrected chi connectivity index (χ1v) is 5.47. The van der Waals surface area contributed by atoms with Gasteiger partial charge in [-0.05, 0) is 30.3 Å². The van der Waals surface area contributed by atoms with Crippen molar-refractivity contribution < 1.29 is 13.6 Å². The first-order chi connectivity index (χ1) is 7.66. The minimum absolute atomic E-state index is 0.0750. The molecule has 0 unspecified atom stereocenters. The molecular weight excluding hydrogens is 275 g/mol. The maximum Gasteiger partial charge on any atom is 0.173 e. The highest BCUT2D eigenvalue weighted by Gasteiger charge is 2.13. The predicted molar refractivity (Wildman–Crippen MR) is 60.8 cm³/mol. The molecule has 1 heterocycles. The quantitative estimate of drug-likeness (QED) is 0.805. The Morgan fingerprint density at radius 1 is 1.38 bits per heavy atom. The van der Waals surface area contributed by atoms with Crippen molar-refractivity contribution in [1.82, 2.24) is 0 Å². The summed E-state index contributed by atoms with van der Waals surface area (Å²) < 4.78 is 19.1. The van der Waals surface area contributed by atoms with E-state index in [0.717, 1.165) is 0 Å². The molecule has 0 bridgehead atoms. The van der Waals surface area contributed by atoms with E-state index in [-0.39, 0.29) is 17.8 Å². The topological polar surface area (TPSA) is 30.2 Å². The zero-order valence-electron chi connectivity index (χ0n) is 8.24. The highest BCUT2D eigenvalue weighted by atomic mass is 79.9. The molecule has 0 radical (unpaired) electrons. The third kappa shape index (κ3) is 2.39. The number of furan rings is 1. The van der Waals surface area contributed by atoms with Crippen LogP contribution in [0, 0.1) is 5.82 Å². The Bertz CT molecular complexity index is 506. The lowest BCUT2D eigenvalue weighted by atomic mass is 10.1. The molecule has 0 fully saturated rings. The molecule has 16 heavy (non-hydrogen) atoms. The smallest absolute Gasteiger partial charge is 0.173 e. The molecule has 2 nitrogen and oxygen atoms in total. The molecule has 2 aromatic rings. The molecule has 1 aromatic heterocycles. The molecule has 0 saturated carbocycles. The van der Waals surface area contributed by atoms with Crippen molar-refractivity contribution in [1.29, 1.82) is 0 Å². The fraction of sp³-hybridized carbons (Fsp3) is 0.0833. The Labute approximate surface area is 100 Å². The standard InChI is InChI=1S/C12H8BrFO2/c13-8-3-4-10(11(14)6-8)12(15)7-9-2-1-5-16-9/h1-6H,7H2. The van der Waals surface area contributed by atoms with Gasteiger partial charge in [0.1, 0.15) is 11.6 Å². The van der Waals surface area contributed by atoms with Crippen LogP contribution in [0.2, 0.25) is 0 Å². The summed E-state index contributed by atoms with van der Waals surface area (Å²) in [5.74, 6) is -0.279. The van der Waals surface area contributed by atoms with E-state index in [2.05, 4.69) is 15.9 Å². The van der Waals surface area contributed by atoms with E-state index in [1.54, 1.807) is 18.2 Å². The first-order valence-electron chi connectivity index (χ1n) is 4.67. The Balaban J connectivity index is 2.21. The van der Waals surface area contributed by atoms with Gasteiger partial charge in [0.15, 0.2) is 5.78 Å². The van der Waals surface area contributed by atoms with Crippen LogP contribution in [0.4, 0.5) is 4.39 Å². The maximum absolute atomic E-state index is 13.4. The van der Waals surface area contributed by atoms with Crippen LogP contribution in [0.1, 0.15) is 16.1 Å². The second-order valence-corrected chi connectivity index (χ2v) is 4.22. The Morgan fingerprint density at radius 2 is 2.19 bits per heavy atom. The summed E-state index contributed by atoms with van der Waals surface area (Å²) in [5.41, 5.74) is 0.0830. The van der Waals surface area contributed by atoms with E-state index in [1.165, 1.54) is 18.4 Å². The molecule has 4 heteroatoms. The van der Waals surface area contributed by atoms with Gasteiger partial charge in [-0.2, -0.15) is 0 Å². The summed E-state index contributed by atoms with van der Waals surface area (Å²) in [6.45, 7) is 0. The summed E-state index contributed by atoms with van der Waals surface area (Å²) in [4.78, 5) is 11.7. The van der Waals surface area contributed by atoms with Gasteiger partial charge in [-0.15, -0.1) is 0 Å².